The molecule has 1 heterocycles. The van der Waals surface area contributed by atoms with Gasteiger partial charge in [0.15, 0.2) is 0 Å². The van der Waals surface area contributed by atoms with Gasteiger partial charge in [0.2, 0.25) is 0 Å². The van der Waals surface area contributed by atoms with Gasteiger partial charge in [-0.05, 0) is 42.3 Å². The zero-order valence-corrected chi connectivity index (χ0v) is 15.2. The summed E-state index contributed by atoms with van der Waals surface area (Å²) in [6, 6.07) is 8.73. The molecule has 0 radical (unpaired) electrons. The Balaban J connectivity index is 1.87. The van der Waals surface area contributed by atoms with Crippen LogP contribution in [0.4, 0.5) is 17.6 Å². The third-order valence-electron chi connectivity index (χ3n) is 4.71. The van der Waals surface area contributed by atoms with Crippen LogP contribution in [0.2, 0.25) is 0 Å². The van der Waals surface area contributed by atoms with E-state index >= 15 is 0 Å². The quantitative estimate of drug-likeness (QED) is 0.805. The van der Waals surface area contributed by atoms with E-state index in [4.69, 9.17) is 4.74 Å². The van der Waals surface area contributed by atoms with Gasteiger partial charge in [-0.3, -0.25) is 4.79 Å². The van der Waals surface area contributed by atoms with E-state index in [0.717, 1.165) is 17.7 Å². The van der Waals surface area contributed by atoms with E-state index in [1.807, 2.05) is 0 Å². The summed E-state index contributed by atoms with van der Waals surface area (Å²) in [6.07, 6.45) is -4.12. The van der Waals surface area contributed by atoms with E-state index in [9.17, 15) is 22.4 Å². The van der Waals surface area contributed by atoms with Crippen molar-refractivity contribution in [2.45, 2.75) is 18.6 Å². The predicted octanol–water partition coefficient (Wildman–Crippen LogP) is 3.51. The third-order valence-corrected chi connectivity index (χ3v) is 4.71. The number of benzene rings is 2. The van der Waals surface area contributed by atoms with Gasteiger partial charge in [0.25, 0.3) is 5.91 Å². The fourth-order valence-corrected chi connectivity index (χ4v) is 3.27. The molecule has 3 rings (SSSR count). The molecule has 8 heteroatoms. The molecule has 1 N–H and O–H groups in total. The Morgan fingerprint density at radius 2 is 1.93 bits per heavy atom. The summed E-state index contributed by atoms with van der Waals surface area (Å²) in [4.78, 5) is 14.6. The van der Waals surface area contributed by atoms with Crippen molar-refractivity contribution in [1.29, 1.82) is 0 Å². The lowest BCUT2D eigenvalue weighted by molar-refractivity contribution is -0.137. The van der Waals surface area contributed by atoms with Gasteiger partial charge in [-0.15, -0.1) is 0 Å². The summed E-state index contributed by atoms with van der Waals surface area (Å²) in [5.41, 5.74) is -0.160. The Morgan fingerprint density at radius 3 is 2.57 bits per heavy atom. The molecule has 1 aliphatic rings. The molecule has 28 heavy (non-hydrogen) atoms. The van der Waals surface area contributed by atoms with Crippen LogP contribution >= 0.6 is 0 Å². The number of alkyl halides is 3. The topological polar surface area (TPSA) is 41.6 Å². The van der Waals surface area contributed by atoms with Gasteiger partial charge >= 0.3 is 6.18 Å². The molecule has 0 spiro atoms. The molecule has 1 atom stereocenters. The summed E-state index contributed by atoms with van der Waals surface area (Å²) in [5.74, 6) is -0.865. The minimum absolute atomic E-state index is 0.0246. The number of nitrogens with one attached hydrogen (secondary N) is 1. The van der Waals surface area contributed by atoms with Crippen LogP contribution in [-0.2, 0) is 12.6 Å². The number of hydrogen-bond acceptors (Lipinski definition) is 3. The monoisotopic (exact) mass is 396 g/mol. The Kier molecular flexibility index (Phi) is 5.88. The molecule has 1 saturated heterocycles. The number of nitrogens with zero attached hydrogens (tertiary/aromatic N) is 1. The standard InChI is InChI=1S/C20H20F4N2O2/c1-28-18-10-14(9-15(11-18)20(22,23)24)19(27)26-7-6-25-12-17(26)8-13-2-4-16(21)5-3-13/h2-5,9-11,17,25H,6-8,12H2,1H3/t17-/m1/s1. The molecule has 0 aromatic heterocycles. The van der Waals surface area contributed by atoms with Crippen LogP contribution in [0.5, 0.6) is 5.75 Å². The lowest BCUT2D eigenvalue weighted by Gasteiger charge is -2.36. The van der Waals surface area contributed by atoms with Crippen molar-refractivity contribution in [2.75, 3.05) is 26.7 Å². The molecular weight excluding hydrogens is 376 g/mol. The number of carbonyl (C=O) groups excluding carboxylic acids is 1. The normalized spacial score (nSPS) is 17.5. The lowest BCUT2D eigenvalue weighted by Crippen LogP contribution is -2.54. The number of halogens is 4. The fraction of sp³-hybridized carbons (Fsp3) is 0.350. The summed E-state index contributed by atoms with van der Waals surface area (Å²) in [6.45, 7) is 1.41. The molecule has 4 nitrogen and oxygen atoms in total. The van der Waals surface area contributed by atoms with E-state index in [1.54, 1.807) is 17.0 Å². The predicted molar refractivity (Wildman–Crippen MR) is 95.8 cm³/mol. The first-order valence-electron chi connectivity index (χ1n) is 8.80. The lowest BCUT2D eigenvalue weighted by atomic mass is 10.0. The van der Waals surface area contributed by atoms with Gasteiger partial charge in [-0.2, -0.15) is 13.2 Å². The highest BCUT2D eigenvalue weighted by Crippen LogP contribution is 2.33. The Hall–Kier alpha value is -2.61. The van der Waals surface area contributed by atoms with E-state index in [1.165, 1.54) is 25.3 Å². The average Bonchev–Trinajstić information content (AvgIpc) is 2.68. The molecule has 150 valence electrons. The summed E-state index contributed by atoms with van der Waals surface area (Å²) in [7, 11) is 1.26. The summed E-state index contributed by atoms with van der Waals surface area (Å²) >= 11 is 0. The number of carbonyl (C=O) groups is 1. The molecule has 1 fully saturated rings. The third kappa shape index (κ3) is 4.62. The van der Waals surface area contributed by atoms with E-state index in [2.05, 4.69) is 5.32 Å². The first kappa shape index (κ1) is 20.1. The molecule has 1 amide bonds. The van der Waals surface area contributed by atoms with Crippen molar-refractivity contribution < 1.29 is 27.1 Å². The van der Waals surface area contributed by atoms with Gasteiger partial charge < -0.3 is 15.0 Å². The van der Waals surface area contributed by atoms with Crippen molar-refractivity contribution in [3.63, 3.8) is 0 Å². The van der Waals surface area contributed by atoms with Gasteiger partial charge in [0, 0.05) is 31.2 Å². The first-order chi connectivity index (χ1) is 13.3. The number of ether oxygens (including phenoxy) is 1. The highest BCUT2D eigenvalue weighted by molar-refractivity contribution is 5.95. The first-order valence-corrected chi connectivity index (χ1v) is 8.80. The van der Waals surface area contributed by atoms with Crippen molar-refractivity contribution in [3.8, 4) is 5.75 Å². The number of rotatable bonds is 4. The zero-order valence-electron chi connectivity index (χ0n) is 15.2. The molecule has 0 unspecified atom stereocenters. The Bertz CT molecular complexity index is 837. The number of amides is 1. The summed E-state index contributed by atoms with van der Waals surface area (Å²) < 4.78 is 57.6. The number of hydrogen-bond donors (Lipinski definition) is 1. The van der Waals surface area contributed by atoms with Crippen LogP contribution in [0.25, 0.3) is 0 Å². The van der Waals surface area contributed by atoms with Gasteiger partial charge in [0.05, 0.1) is 12.7 Å². The maximum Gasteiger partial charge on any atom is 0.416 e. The minimum Gasteiger partial charge on any atom is -0.497 e. The average molecular weight is 396 g/mol. The van der Waals surface area contributed by atoms with E-state index in [-0.39, 0.29) is 23.2 Å². The number of methoxy groups -OCH3 is 1. The maximum absolute atomic E-state index is 13.2. The molecular formula is C20H20F4N2O2. The van der Waals surface area contributed by atoms with Crippen LogP contribution in [0.1, 0.15) is 21.5 Å². The van der Waals surface area contributed by atoms with Crippen LogP contribution < -0.4 is 10.1 Å². The Morgan fingerprint density at radius 1 is 1.21 bits per heavy atom. The summed E-state index contributed by atoms with van der Waals surface area (Å²) in [5, 5.41) is 3.19. The van der Waals surface area contributed by atoms with Crippen LogP contribution in [0.3, 0.4) is 0 Å². The van der Waals surface area contributed by atoms with Crippen molar-refractivity contribution >= 4 is 5.91 Å². The van der Waals surface area contributed by atoms with Gasteiger partial charge in [0.1, 0.15) is 11.6 Å². The molecule has 2 aromatic rings. The molecule has 0 aliphatic carbocycles. The highest BCUT2D eigenvalue weighted by atomic mass is 19.4. The van der Waals surface area contributed by atoms with Crippen LogP contribution in [0, 0.1) is 5.82 Å². The Labute approximate surface area is 160 Å². The van der Waals surface area contributed by atoms with Crippen molar-refractivity contribution in [1.82, 2.24) is 10.2 Å². The van der Waals surface area contributed by atoms with Gasteiger partial charge in [-0.1, -0.05) is 12.1 Å². The minimum atomic E-state index is -4.58. The zero-order chi connectivity index (χ0) is 20.3. The smallest absolute Gasteiger partial charge is 0.416 e. The van der Waals surface area contributed by atoms with Crippen molar-refractivity contribution in [2.24, 2.45) is 0 Å². The van der Waals surface area contributed by atoms with E-state index < -0.39 is 17.6 Å². The highest BCUT2D eigenvalue weighted by Gasteiger charge is 2.34. The van der Waals surface area contributed by atoms with Crippen LogP contribution in [-0.4, -0.2) is 43.6 Å². The van der Waals surface area contributed by atoms with Crippen molar-refractivity contribution in [3.05, 3.63) is 65.0 Å². The second kappa shape index (κ2) is 8.18. The molecule has 1 aliphatic heterocycles. The van der Waals surface area contributed by atoms with Gasteiger partial charge in [-0.25, -0.2) is 4.39 Å². The van der Waals surface area contributed by atoms with E-state index in [0.29, 0.717) is 26.1 Å². The molecule has 0 saturated carbocycles. The second-order valence-corrected chi connectivity index (χ2v) is 6.64. The molecule has 2 aromatic carbocycles. The SMILES string of the molecule is COc1cc(C(=O)N2CCNC[C@H]2Cc2ccc(F)cc2)cc(C(F)(F)F)c1. The van der Waals surface area contributed by atoms with Crippen LogP contribution in [0.15, 0.2) is 42.5 Å². The second-order valence-electron chi connectivity index (χ2n) is 6.64. The molecule has 0 bridgehead atoms. The largest absolute Gasteiger partial charge is 0.497 e. The fourth-order valence-electron chi connectivity index (χ4n) is 3.27. The maximum atomic E-state index is 13.2. The number of piperazine rings is 1.